The lowest BCUT2D eigenvalue weighted by Gasteiger charge is -2.33. The highest BCUT2D eigenvalue weighted by atomic mass is 35.5. The Hall–Kier alpha value is -2.52. The summed E-state index contributed by atoms with van der Waals surface area (Å²) in [6.07, 6.45) is 3.60. The van der Waals surface area contributed by atoms with Gasteiger partial charge in [0.15, 0.2) is 0 Å². The number of allylic oxidation sites excluding steroid dienone is 1. The topological polar surface area (TPSA) is 40.5 Å². The summed E-state index contributed by atoms with van der Waals surface area (Å²) >= 11 is 5.95. The van der Waals surface area contributed by atoms with Gasteiger partial charge in [0, 0.05) is 10.7 Å². The molecule has 1 aliphatic rings. The molecule has 1 unspecified atom stereocenters. The number of hydrogen-bond acceptors (Lipinski definition) is 2. The number of benzene rings is 2. The fourth-order valence-corrected chi connectivity index (χ4v) is 2.79. The standard InChI is InChI=1S/C19H16ClNO2/c1-13(22)17-11-12-18(14-5-3-2-4-6-14)21(19(17)23)16-9-7-15(20)8-10-16/h2-12,18,22H,1H3/b17-13-. The number of amides is 1. The van der Waals surface area contributed by atoms with Crippen LogP contribution in [-0.2, 0) is 4.79 Å². The fourth-order valence-electron chi connectivity index (χ4n) is 2.67. The first-order valence-electron chi connectivity index (χ1n) is 7.30. The molecule has 1 N–H and O–H groups in total. The Bertz CT molecular complexity index is 775. The second kappa shape index (κ2) is 6.31. The van der Waals surface area contributed by atoms with E-state index in [-0.39, 0.29) is 17.7 Å². The third-order valence-electron chi connectivity index (χ3n) is 3.81. The van der Waals surface area contributed by atoms with Crippen LogP contribution in [0, 0.1) is 0 Å². The van der Waals surface area contributed by atoms with Crippen LogP contribution < -0.4 is 4.90 Å². The molecule has 0 aliphatic carbocycles. The first-order valence-corrected chi connectivity index (χ1v) is 7.68. The van der Waals surface area contributed by atoms with Gasteiger partial charge in [0.1, 0.15) is 5.76 Å². The van der Waals surface area contributed by atoms with Crippen molar-refractivity contribution >= 4 is 23.2 Å². The summed E-state index contributed by atoms with van der Waals surface area (Å²) in [7, 11) is 0. The largest absolute Gasteiger partial charge is 0.512 e. The Morgan fingerprint density at radius 2 is 1.74 bits per heavy atom. The lowest BCUT2D eigenvalue weighted by molar-refractivity contribution is -0.115. The zero-order valence-electron chi connectivity index (χ0n) is 12.6. The minimum Gasteiger partial charge on any atom is -0.512 e. The Balaban J connectivity index is 2.13. The van der Waals surface area contributed by atoms with Gasteiger partial charge in [0.2, 0.25) is 0 Å². The molecule has 0 bridgehead atoms. The molecule has 1 aliphatic heterocycles. The molecule has 2 aromatic rings. The molecular weight excluding hydrogens is 310 g/mol. The van der Waals surface area contributed by atoms with Gasteiger partial charge in [-0.2, -0.15) is 0 Å². The van der Waals surface area contributed by atoms with Crippen molar-refractivity contribution in [2.45, 2.75) is 13.0 Å². The van der Waals surface area contributed by atoms with Crippen molar-refractivity contribution in [3.8, 4) is 0 Å². The molecule has 1 atom stereocenters. The van der Waals surface area contributed by atoms with Gasteiger partial charge in [-0.25, -0.2) is 0 Å². The van der Waals surface area contributed by atoms with E-state index in [1.807, 2.05) is 36.4 Å². The predicted octanol–water partition coefficient (Wildman–Crippen LogP) is 4.82. The summed E-state index contributed by atoms with van der Waals surface area (Å²) in [4.78, 5) is 14.5. The quantitative estimate of drug-likeness (QED) is 0.635. The summed E-state index contributed by atoms with van der Waals surface area (Å²) in [6, 6.07) is 16.7. The number of anilines is 1. The van der Waals surface area contributed by atoms with Crippen LogP contribution in [0.1, 0.15) is 18.5 Å². The Kier molecular flexibility index (Phi) is 4.22. The van der Waals surface area contributed by atoms with Gasteiger partial charge in [-0.05, 0) is 42.8 Å². The fraction of sp³-hybridized carbons (Fsp3) is 0.105. The van der Waals surface area contributed by atoms with E-state index in [4.69, 9.17) is 11.6 Å². The zero-order valence-corrected chi connectivity index (χ0v) is 13.4. The predicted molar refractivity (Wildman–Crippen MR) is 92.6 cm³/mol. The van der Waals surface area contributed by atoms with E-state index in [9.17, 15) is 9.90 Å². The highest BCUT2D eigenvalue weighted by Gasteiger charge is 2.31. The van der Waals surface area contributed by atoms with E-state index in [0.717, 1.165) is 11.3 Å². The second-order valence-corrected chi connectivity index (χ2v) is 5.80. The molecule has 0 saturated heterocycles. The average molecular weight is 326 g/mol. The number of carbonyl (C=O) groups excluding carboxylic acids is 1. The lowest BCUT2D eigenvalue weighted by Crippen LogP contribution is -2.37. The molecule has 116 valence electrons. The molecule has 0 fully saturated rings. The number of carbonyl (C=O) groups is 1. The van der Waals surface area contributed by atoms with Crippen LogP contribution >= 0.6 is 11.6 Å². The van der Waals surface area contributed by atoms with Gasteiger partial charge in [-0.15, -0.1) is 0 Å². The van der Waals surface area contributed by atoms with Crippen molar-refractivity contribution in [3.05, 3.63) is 88.7 Å². The zero-order chi connectivity index (χ0) is 16.4. The smallest absolute Gasteiger partial charge is 0.262 e. The third kappa shape index (κ3) is 3.01. The van der Waals surface area contributed by atoms with Crippen molar-refractivity contribution in [1.29, 1.82) is 0 Å². The normalized spacial score (nSPS) is 19.8. The van der Waals surface area contributed by atoms with Crippen molar-refractivity contribution in [3.63, 3.8) is 0 Å². The highest BCUT2D eigenvalue weighted by Crippen LogP contribution is 2.34. The van der Waals surface area contributed by atoms with Crippen LogP contribution in [0.3, 0.4) is 0 Å². The van der Waals surface area contributed by atoms with Crippen LogP contribution in [-0.4, -0.2) is 11.0 Å². The average Bonchev–Trinajstić information content (AvgIpc) is 2.56. The summed E-state index contributed by atoms with van der Waals surface area (Å²) < 4.78 is 0. The molecule has 1 amide bonds. The van der Waals surface area contributed by atoms with Gasteiger partial charge >= 0.3 is 0 Å². The molecule has 0 aromatic heterocycles. The van der Waals surface area contributed by atoms with E-state index >= 15 is 0 Å². The number of rotatable bonds is 2. The molecule has 4 heteroatoms. The molecule has 23 heavy (non-hydrogen) atoms. The lowest BCUT2D eigenvalue weighted by atomic mass is 9.97. The molecule has 0 saturated carbocycles. The number of hydrogen-bond donors (Lipinski definition) is 1. The number of nitrogens with zero attached hydrogens (tertiary/aromatic N) is 1. The Morgan fingerprint density at radius 3 is 2.35 bits per heavy atom. The minimum absolute atomic E-state index is 0.0109. The van der Waals surface area contributed by atoms with Crippen LogP contribution in [0.25, 0.3) is 0 Å². The van der Waals surface area contributed by atoms with Crippen LogP contribution in [0.5, 0.6) is 0 Å². The van der Waals surface area contributed by atoms with Gasteiger partial charge < -0.3 is 5.11 Å². The van der Waals surface area contributed by atoms with Gasteiger partial charge in [0.05, 0.1) is 11.6 Å². The highest BCUT2D eigenvalue weighted by molar-refractivity contribution is 6.30. The van der Waals surface area contributed by atoms with Crippen LogP contribution in [0.2, 0.25) is 5.02 Å². The molecule has 3 nitrogen and oxygen atoms in total. The molecule has 0 spiro atoms. The van der Waals surface area contributed by atoms with E-state index in [2.05, 4.69) is 0 Å². The van der Waals surface area contributed by atoms with Crippen LogP contribution in [0.4, 0.5) is 5.69 Å². The SMILES string of the molecule is C/C(O)=C1\C=CC(c2ccccc2)N(c2ccc(Cl)cc2)C1=O. The summed E-state index contributed by atoms with van der Waals surface area (Å²) in [5.41, 5.74) is 2.03. The van der Waals surface area contributed by atoms with E-state index < -0.39 is 0 Å². The number of aliphatic hydroxyl groups is 1. The van der Waals surface area contributed by atoms with Gasteiger partial charge in [-0.1, -0.05) is 48.0 Å². The minimum atomic E-state index is -0.233. The second-order valence-electron chi connectivity index (χ2n) is 5.37. The molecule has 1 heterocycles. The van der Waals surface area contributed by atoms with Crippen LogP contribution in [0.15, 0.2) is 78.1 Å². The molecule has 0 radical (unpaired) electrons. The van der Waals surface area contributed by atoms with E-state index in [0.29, 0.717) is 10.6 Å². The summed E-state index contributed by atoms with van der Waals surface area (Å²) in [5.74, 6) is -0.222. The summed E-state index contributed by atoms with van der Waals surface area (Å²) in [5, 5.41) is 10.4. The Labute approximate surface area is 140 Å². The summed E-state index contributed by atoms with van der Waals surface area (Å²) in [6.45, 7) is 1.51. The van der Waals surface area contributed by atoms with Gasteiger partial charge in [-0.3, -0.25) is 9.69 Å². The Morgan fingerprint density at radius 1 is 1.09 bits per heavy atom. The van der Waals surface area contributed by atoms with Crippen molar-refractivity contribution in [2.75, 3.05) is 4.90 Å². The maximum atomic E-state index is 12.9. The van der Waals surface area contributed by atoms with Crippen molar-refractivity contribution in [1.82, 2.24) is 0 Å². The molecule has 2 aromatic carbocycles. The van der Waals surface area contributed by atoms with E-state index in [1.54, 1.807) is 35.2 Å². The monoisotopic (exact) mass is 325 g/mol. The number of aliphatic hydroxyl groups excluding tert-OH is 1. The number of halogens is 1. The van der Waals surface area contributed by atoms with Gasteiger partial charge in [0.25, 0.3) is 5.91 Å². The van der Waals surface area contributed by atoms with Crippen molar-refractivity contribution in [2.24, 2.45) is 0 Å². The molecular formula is C19H16ClNO2. The maximum absolute atomic E-state index is 12.9. The third-order valence-corrected chi connectivity index (χ3v) is 4.06. The van der Waals surface area contributed by atoms with E-state index in [1.165, 1.54) is 6.92 Å². The first-order chi connectivity index (χ1) is 11.1. The first kappa shape index (κ1) is 15.4. The molecule has 3 rings (SSSR count). The van der Waals surface area contributed by atoms with Crippen molar-refractivity contribution < 1.29 is 9.90 Å². The maximum Gasteiger partial charge on any atom is 0.262 e.